The highest BCUT2D eigenvalue weighted by atomic mass is 16.1. The molecule has 1 aromatic heterocycles. The number of ketones is 1. The van der Waals surface area contributed by atoms with Crippen LogP contribution in [0, 0.1) is 5.92 Å². The molecular formula is C14H20N2O. The van der Waals surface area contributed by atoms with E-state index in [4.69, 9.17) is 5.10 Å². The van der Waals surface area contributed by atoms with E-state index in [-0.39, 0.29) is 5.78 Å². The number of hydrogen-bond acceptors (Lipinski definition) is 2. The summed E-state index contributed by atoms with van der Waals surface area (Å²) < 4.78 is 1.98. The molecule has 0 aromatic carbocycles. The van der Waals surface area contributed by atoms with E-state index in [0.717, 1.165) is 6.42 Å². The van der Waals surface area contributed by atoms with Gasteiger partial charge >= 0.3 is 0 Å². The molecule has 0 radical (unpaired) electrons. The Morgan fingerprint density at radius 2 is 2.12 bits per heavy atom. The zero-order valence-electron chi connectivity index (χ0n) is 10.9. The van der Waals surface area contributed by atoms with Crippen molar-refractivity contribution in [3.8, 4) is 0 Å². The fourth-order valence-electron chi connectivity index (χ4n) is 3.01. The van der Waals surface area contributed by atoms with Crippen molar-refractivity contribution in [1.82, 2.24) is 9.78 Å². The Morgan fingerprint density at radius 1 is 1.41 bits per heavy atom. The lowest BCUT2D eigenvalue weighted by Crippen LogP contribution is -2.12. The van der Waals surface area contributed by atoms with Crippen molar-refractivity contribution < 1.29 is 4.79 Å². The first-order valence-corrected chi connectivity index (χ1v) is 6.66. The summed E-state index contributed by atoms with van der Waals surface area (Å²) >= 11 is 0. The molecule has 3 nitrogen and oxygen atoms in total. The predicted octanol–water partition coefficient (Wildman–Crippen LogP) is 2.65. The number of fused-ring (bicyclic) bond motifs is 1. The maximum atomic E-state index is 11.3. The summed E-state index contributed by atoms with van der Waals surface area (Å²) in [6.07, 6.45) is 3.65. The minimum Gasteiger partial charge on any atom is -0.298 e. The molecule has 1 fully saturated rings. The maximum absolute atomic E-state index is 11.3. The molecule has 1 heterocycles. The van der Waals surface area contributed by atoms with Crippen LogP contribution in [0.5, 0.6) is 0 Å². The van der Waals surface area contributed by atoms with Crippen LogP contribution >= 0.6 is 0 Å². The van der Waals surface area contributed by atoms with Gasteiger partial charge < -0.3 is 0 Å². The lowest BCUT2D eigenvalue weighted by atomic mass is 9.95. The van der Waals surface area contributed by atoms with Gasteiger partial charge in [-0.2, -0.15) is 5.10 Å². The first-order valence-electron chi connectivity index (χ1n) is 6.66. The Hall–Kier alpha value is -1.12. The second-order valence-corrected chi connectivity index (χ2v) is 5.85. The molecule has 0 saturated heterocycles. The van der Waals surface area contributed by atoms with Gasteiger partial charge in [0.2, 0.25) is 0 Å². The van der Waals surface area contributed by atoms with Gasteiger partial charge in [0.05, 0.1) is 12.2 Å². The molecule has 0 amide bonds. The smallest absolute Gasteiger partial charge is 0.151 e. The third-order valence-electron chi connectivity index (χ3n) is 4.29. The normalized spacial score (nSPS) is 27.2. The van der Waals surface area contributed by atoms with E-state index in [1.54, 1.807) is 6.92 Å². The first-order chi connectivity index (χ1) is 8.08. The lowest BCUT2D eigenvalue weighted by Gasteiger charge is -2.10. The van der Waals surface area contributed by atoms with Gasteiger partial charge in [0.1, 0.15) is 0 Å². The molecule has 0 bridgehead atoms. The molecule has 3 heteroatoms. The van der Waals surface area contributed by atoms with E-state index < -0.39 is 0 Å². The molecule has 2 atom stereocenters. The largest absolute Gasteiger partial charge is 0.298 e. The summed E-state index contributed by atoms with van der Waals surface area (Å²) in [5.74, 6) is 2.19. The average Bonchev–Trinajstić information content (AvgIpc) is 2.98. The number of nitrogens with zero attached hydrogens (tertiary/aromatic N) is 2. The SMILES string of the molecule is CC(=O)Cn1nc(C2CC2)c2c1CC(C)[C@@H]2C. The number of aromatic nitrogens is 2. The second-order valence-electron chi connectivity index (χ2n) is 5.85. The standard InChI is InChI=1S/C14H20N2O/c1-8-6-12-13(10(8)3)14(11-4-5-11)15-16(12)7-9(2)17/h8,10-11H,4-7H2,1-3H3/t8?,10-/m0/s1. The quantitative estimate of drug-likeness (QED) is 0.803. The summed E-state index contributed by atoms with van der Waals surface area (Å²) in [5.41, 5.74) is 4.11. The summed E-state index contributed by atoms with van der Waals surface area (Å²) in [5, 5.41) is 4.71. The van der Waals surface area contributed by atoms with Gasteiger partial charge in [-0.15, -0.1) is 0 Å². The molecule has 0 aliphatic heterocycles. The second kappa shape index (κ2) is 3.69. The van der Waals surface area contributed by atoms with Crippen molar-refractivity contribution in [3.05, 3.63) is 17.0 Å². The molecule has 17 heavy (non-hydrogen) atoms. The van der Waals surface area contributed by atoms with E-state index in [0.29, 0.717) is 24.3 Å². The molecule has 2 aliphatic carbocycles. The van der Waals surface area contributed by atoms with Crippen LogP contribution in [-0.4, -0.2) is 15.6 Å². The Balaban J connectivity index is 2.04. The van der Waals surface area contributed by atoms with Crippen molar-refractivity contribution in [2.75, 3.05) is 0 Å². The average molecular weight is 232 g/mol. The zero-order chi connectivity index (χ0) is 12.2. The van der Waals surface area contributed by atoms with Crippen LogP contribution in [0.1, 0.15) is 62.4 Å². The van der Waals surface area contributed by atoms with Crippen LogP contribution in [0.15, 0.2) is 0 Å². The fraction of sp³-hybridized carbons (Fsp3) is 0.714. The van der Waals surface area contributed by atoms with Crippen molar-refractivity contribution in [2.24, 2.45) is 5.92 Å². The summed E-state index contributed by atoms with van der Waals surface area (Å²) in [7, 11) is 0. The van der Waals surface area contributed by atoms with Gasteiger partial charge in [0, 0.05) is 11.6 Å². The van der Waals surface area contributed by atoms with Gasteiger partial charge in [0.25, 0.3) is 0 Å². The number of hydrogen-bond donors (Lipinski definition) is 0. The molecule has 1 aromatic rings. The number of carbonyl (C=O) groups is 1. The highest BCUT2D eigenvalue weighted by molar-refractivity contribution is 5.75. The number of rotatable bonds is 3. The molecule has 92 valence electrons. The summed E-state index contributed by atoms with van der Waals surface area (Å²) in [6.45, 7) is 6.71. The van der Waals surface area contributed by atoms with Gasteiger partial charge in [-0.05, 0) is 43.6 Å². The summed E-state index contributed by atoms with van der Waals surface area (Å²) in [4.78, 5) is 11.3. The minimum absolute atomic E-state index is 0.199. The highest BCUT2D eigenvalue weighted by Crippen LogP contribution is 2.48. The first kappa shape index (κ1) is 11.0. The van der Waals surface area contributed by atoms with Crippen molar-refractivity contribution in [3.63, 3.8) is 0 Å². The van der Waals surface area contributed by atoms with Crippen molar-refractivity contribution in [2.45, 2.75) is 58.4 Å². The predicted molar refractivity (Wildman–Crippen MR) is 66.2 cm³/mol. The molecule has 3 rings (SSSR count). The van der Waals surface area contributed by atoms with Crippen molar-refractivity contribution >= 4 is 5.78 Å². The van der Waals surface area contributed by atoms with Crippen LogP contribution in [-0.2, 0) is 17.8 Å². The van der Waals surface area contributed by atoms with Gasteiger partial charge in [-0.25, -0.2) is 0 Å². The molecule has 2 aliphatic rings. The topological polar surface area (TPSA) is 34.9 Å². The lowest BCUT2D eigenvalue weighted by molar-refractivity contribution is -0.117. The molecular weight excluding hydrogens is 212 g/mol. The monoisotopic (exact) mass is 232 g/mol. The van der Waals surface area contributed by atoms with Crippen LogP contribution < -0.4 is 0 Å². The zero-order valence-corrected chi connectivity index (χ0v) is 10.9. The van der Waals surface area contributed by atoms with E-state index in [1.165, 1.54) is 29.8 Å². The minimum atomic E-state index is 0.199. The molecule has 0 spiro atoms. The number of Topliss-reactive ketones (excluding diaryl/α,β-unsaturated/α-hetero) is 1. The summed E-state index contributed by atoms with van der Waals surface area (Å²) in [6, 6.07) is 0. The molecule has 1 unspecified atom stereocenters. The molecule has 0 N–H and O–H groups in total. The highest BCUT2D eigenvalue weighted by Gasteiger charge is 2.38. The maximum Gasteiger partial charge on any atom is 0.151 e. The number of carbonyl (C=O) groups excluding carboxylic acids is 1. The van der Waals surface area contributed by atoms with Crippen molar-refractivity contribution in [1.29, 1.82) is 0 Å². The Morgan fingerprint density at radius 3 is 2.71 bits per heavy atom. The fourth-order valence-corrected chi connectivity index (χ4v) is 3.01. The van der Waals surface area contributed by atoms with Crippen LogP contribution in [0.3, 0.4) is 0 Å². The van der Waals surface area contributed by atoms with E-state index in [9.17, 15) is 4.79 Å². The third-order valence-corrected chi connectivity index (χ3v) is 4.29. The van der Waals surface area contributed by atoms with E-state index in [2.05, 4.69) is 13.8 Å². The Bertz CT molecular complexity index is 471. The van der Waals surface area contributed by atoms with Gasteiger partial charge in [0.15, 0.2) is 5.78 Å². The van der Waals surface area contributed by atoms with Crippen LogP contribution in [0.4, 0.5) is 0 Å². The Kier molecular flexibility index (Phi) is 2.39. The Labute approximate surface area is 102 Å². The van der Waals surface area contributed by atoms with E-state index in [1.807, 2.05) is 4.68 Å². The van der Waals surface area contributed by atoms with Crippen LogP contribution in [0.2, 0.25) is 0 Å². The van der Waals surface area contributed by atoms with Crippen LogP contribution in [0.25, 0.3) is 0 Å². The van der Waals surface area contributed by atoms with Gasteiger partial charge in [-0.1, -0.05) is 13.8 Å². The van der Waals surface area contributed by atoms with E-state index >= 15 is 0 Å². The third kappa shape index (κ3) is 1.72. The molecule has 1 saturated carbocycles. The van der Waals surface area contributed by atoms with Gasteiger partial charge in [-0.3, -0.25) is 9.48 Å².